The highest BCUT2D eigenvalue weighted by Gasteiger charge is 2.05. The predicted molar refractivity (Wildman–Crippen MR) is 483 cm³/mol. The molecule has 20 nitrogen and oxygen atoms in total. The Labute approximate surface area is 703 Å². The van der Waals surface area contributed by atoms with E-state index in [9.17, 15) is 0 Å². The summed E-state index contributed by atoms with van der Waals surface area (Å²) in [6.07, 6.45) is 38.3. The van der Waals surface area contributed by atoms with Crippen molar-refractivity contribution in [2.45, 2.75) is 257 Å². The molecule has 117 heavy (non-hydrogen) atoms. The average molecular weight is 1580 g/mol. The lowest BCUT2D eigenvalue weighted by molar-refractivity contribution is 0.735. The molecule has 2 aromatic carbocycles. The van der Waals surface area contributed by atoms with Crippen LogP contribution in [0.15, 0.2) is 276 Å². The maximum absolute atomic E-state index is 4.18. The first-order chi connectivity index (χ1) is 56.0. The van der Waals surface area contributed by atoms with Gasteiger partial charge in [0, 0.05) is 170 Å². The van der Waals surface area contributed by atoms with Crippen LogP contribution in [0.1, 0.15) is 331 Å². The van der Waals surface area contributed by atoms with Crippen molar-refractivity contribution in [3.63, 3.8) is 0 Å². The van der Waals surface area contributed by atoms with Gasteiger partial charge in [0.2, 0.25) is 0 Å². The largest absolute Gasteiger partial charge is 0.261 e. The van der Waals surface area contributed by atoms with Gasteiger partial charge < -0.3 is 0 Å². The Bertz CT molecular complexity index is 3240. The van der Waals surface area contributed by atoms with Gasteiger partial charge in [0.25, 0.3) is 0 Å². The Morgan fingerprint density at radius 3 is 0.564 bits per heavy atom. The van der Waals surface area contributed by atoms with E-state index in [1.807, 2.05) is 123 Å². The number of benzene rings is 2. The smallest absolute Gasteiger partial charge is 0.153 e. The first kappa shape index (κ1) is 103. The lowest BCUT2D eigenvalue weighted by atomic mass is 10.0. The monoisotopic (exact) mass is 1580 g/mol. The van der Waals surface area contributed by atoms with Crippen molar-refractivity contribution in [3.8, 4) is 0 Å². The van der Waals surface area contributed by atoms with Crippen molar-refractivity contribution in [3.05, 3.63) is 350 Å². The molecule has 0 radical (unpaired) electrons. The average Bonchev–Trinajstić information content (AvgIpc) is 1.12. The van der Waals surface area contributed by atoms with Gasteiger partial charge in [-0.1, -0.05) is 259 Å². The normalized spacial score (nSPS) is 10.1. The second-order valence-electron chi connectivity index (χ2n) is 30.4. The molecule has 11 heterocycles. The van der Waals surface area contributed by atoms with Gasteiger partial charge in [0.1, 0.15) is 23.8 Å². The molecule has 0 unspecified atom stereocenters. The lowest BCUT2D eigenvalue weighted by Gasteiger charge is -2.01. The molecule has 0 aliphatic carbocycles. The van der Waals surface area contributed by atoms with E-state index < -0.39 is 0 Å². The molecule has 0 fully saturated rings. The van der Waals surface area contributed by atoms with E-state index in [0.29, 0.717) is 76.9 Å². The summed E-state index contributed by atoms with van der Waals surface area (Å²) in [5.74, 6) is 10.2. The molecule has 0 saturated heterocycles. The molecule has 0 N–H and O–H groups in total. The Morgan fingerprint density at radius 1 is 0.162 bits per heavy atom. The highest BCUT2D eigenvalue weighted by Crippen LogP contribution is 2.16. The standard InChI is InChI=1S/2C9H12.3C8H11N.7C7H10N2.C6H9N3/c2*1-8(2)9-6-4-3-5-7-9;3*1-7(2)8-5-3-4-6-9-8;3*1-6(2)7-5-8-3-4-9-7;1-6(2)7-3-4-8-5-9-7;3*1-6(2)7-8-4-3-5-9-7;1-5(2)6-7-3-4-8-9-6/h2*3-8H,1-2H3;3*3-7H,1-2H3;7*3-6H,1-2H3;3-5H,1-2H3. The summed E-state index contributed by atoms with van der Waals surface area (Å²) >= 11 is 0. The molecule has 0 saturated carbocycles. The number of pyridine rings is 3. The van der Waals surface area contributed by atoms with Gasteiger partial charge in [-0.2, -0.15) is 5.10 Å². The van der Waals surface area contributed by atoms with E-state index in [2.05, 4.69) is 315 Å². The van der Waals surface area contributed by atoms with Crippen LogP contribution in [0, 0.1) is 0 Å². The minimum atomic E-state index is 0.374. The molecule has 11 aromatic heterocycles. The first-order valence-electron chi connectivity index (χ1n) is 40.8. The number of aromatic nitrogens is 20. The minimum Gasteiger partial charge on any atom is -0.261 e. The van der Waals surface area contributed by atoms with E-state index in [4.69, 9.17) is 0 Å². The third kappa shape index (κ3) is 52.5. The Morgan fingerprint density at radius 2 is 0.410 bits per heavy atom. The molecule has 20 heteroatoms. The molecule has 0 atom stereocenters. The number of rotatable bonds is 13. The van der Waals surface area contributed by atoms with Gasteiger partial charge in [0.15, 0.2) is 5.82 Å². The van der Waals surface area contributed by atoms with E-state index in [1.165, 1.54) is 11.1 Å². The fraction of sp³-hybridized carbons (Fsp3) is 0.402. The summed E-state index contributed by atoms with van der Waals surface area (Å²) in [5.41, 5.74) is 10.6. The predicted octanol–water partition coefficient (Wildman–Crippen LogP) is 24.4. The summed E-state index contributed by atoms with van der Waals surface area (Å²) in [6, 6.07) is 46.4. The van der Waals surface area contributed by atoms with Crippen LogP contribution in [0.2, 0.25) is 0 Å². The zero-order valence-corrected chi connectivity index (χ0v) is 74.9. The molecule has 0 aliphatic heterocycles. The van der Waals surface area contributed by atoms with Crippen LogP contribution in [0.4, 0.5) is 0 Å². The molecule has 624 valence electrons. The van der Waals surface area contributed by atoms with E-state index in [-0.39, 0.29) is 0 Å². The van der Waals surface area contributed by atoms with Gasteiger partial charge in [-0.3, -0.25) is 44.9 Å². The van der Waals surface area contributed by atoms with E-state index in [0.717, 1.165) is 63.2 Å². The van der Waals surface area contributed by atoms with Crippen LogP contribution >= 0.6 is 0 Å². The molecule has 0 aliphatic rings. The van der Waals surface area contributed by atoms with Crippen molar-refractivity contribution in [2.75, 3.05) is 0 Å². The van der Waals surface area contributed by atoms with E-state index in [1.54, 1.807) is 118 Å². The van der Waals surface area contributed by atoms with Crippen molar-refractivity contribution in [2.24, 2.45) is 0 Å². The number of hydrogen-bond donors (Lipinski definition) is 0. The SMILES string of the molecule is CC(C)c1ccccc1.CC(C)c1ccccc1.CC(C)c1ccccn1.CC(C)c1ccccn1.CC(C)c1ccccn1.CC(C)c1ccncn1.CC(C)c1cnccn1.CC(C)c1cnccn1.CC(C)c1cnccn1.CC(C)c1ncccn1.CC(C)c1ncccn1.CC(C)c1ncccn1.CC(C)c1nccnn1. The van der Waals surface area contributed by atoms with Crippen LogP contribution < -0.4 is 0 Å². The zero-order valence-electron chi connectivity index (χ0n) is 74.9. The molecule has 13 rings (SSSR count). The topological polar surface area (TPSA) is 258 Å². The summed E-state index contributed by atoms with van der Waals surface area (Å²) in [4.78, 5) is 73.0. The summed E-state index contributed by atoms with van der Waals surface area (Å²) in [6.45, 7) is 55.0. The maximum Gasteiger partial charge on any atom is 0.153 e. The fourth-order valence-electron chi connectivity index (χ4n) is 8.65. The Balaban J connectivity index is 0.000000634. The Kier molecular flexibility index (Phi) is 57.2. The van der Waals surface area contributed by atoms with Crippen molar-refractivity contribution < 1.29 is 0 Å². The van der Waals surface area contributed by atoms with Crippen molar-refractivity contribution in [1.29, 1.82) is 0 Å². The number of nitrogens with zero attached hydrogens (tertiary/aromatic N) is 20. The second kappa shape index (κ2) is 64.7. The third-order valence-corrected chi connectivity index (χ3v) is 15.8. The van der Waals surface area contributed by atoms with Gasteiger partial charge in [0.05, 0.1) is 23.3 Å². The molecule has 0 amide bonds. The first-order valence-corrected chi connectivity index (χ1v) is 40.8. The van der Waals surface area contributed by atoms with Gasteiger partial charge in [-0.05, 0) is 125 Å². The highest BCUT2D eigenvalue weighted by atomic mass is 15.1. The maximum atomic E-state index is 4.18. The minimum absolute atomic E-state index is 0.374. The molecule has 0 spiro atoms. The molecule has 0 bridgehead atoms. The van der Waals surface area contributed by atoms with E-state index >= 15 is 0 Å². The zero-order chi connectivity index (χ0) is 87.0. The highest BCUT2D eigenvalue weighted by molar-refractivity contribution is 5.19. The second-order valence-corrected chi connectivity index (χ2v) is 30.4. The summed E-state index contributed by atoms with van der Waals surface area (Å²) < 4.78 is 0. The van der Waals surface area contributed by atoms with Crippen LogP contribution in [-0.4, -0.2) is 99.9 Å². The lowest BCUT2D eigenvalue weighted by Crippen LogP contribution is -1.96. The van der Waals surface area contributed by atoms with Crippen molar-refractivity contribution in [1.82, 2.24) is 99.9 Å². The number of hydrogen-bond acceptors (Lipinski definition) is 20. The van der Waals surface area contributed by atoms with Crippen LogP contribution in [0.5, 0.6) is 0 Å². The molecular weight excluding hydrogens is 1450 g/mol. The van der Waals surface area contributed by atoms with Gasteiger partial charge in [-0.15, -0.1) is 5.10 Å². The quantitative estimate of drug-likeness (QED) is 0.104. The Hall–Kier alpha value is -11.5. The fourth-order valence-corrected chi connectivity index (χ4v) is 8.65. The summed E-state index contributed by atoms with van der Waals surface area (Å²) in [7, 11) is 0. The van der Waals surface area contributed by atoms with Crippen molar-refractivity contribution >= 4 is 0 Å². The summed E-state index contributed by atoms with van der Waals surface area (Å²) in [5, 5.41) is 7.51. The van der Waals surface area contributed by atoms with Gasteiger partial charge >= 0.3 is 0 Å². The van der Waals surface area contributed by atoms with Crippen LogP contribution in [0.25, 0.3) is 0 Å². The van der Waals surface area contributed by atoms with Crippen LogP contribution in [0.3, 0.4) is 0 Å². The molecular formula is C97H136N20. The van der Waals surface area contributed by atoms with Gasteiger partial charge in [-0.25, -0.2) is 44.9 Å². The third-order valence-electron chi connectivity index (χ3n) is 15.8. The molecule has 13 aromatic rings. The van der Waals surface area contributed by atoms with Crippen LogP contribution in [-0.2, 0) is 0 Å².